The lowest BCUT2D eigenvalue weighted by Crippen LogP contribution is -2.18. The van der Waals surface area contributed by atoms with Gasteiger partial charge in [0.25, 0.3) is 0 Å². The van der Waals surface area contributed by atoms with Crippen molar-refractivity contribution in [3.05, 3.63) is 0 Å². The molecule has 0 bridgehead atoms. The summed E-state index contributed by atoms with van der Waals surface area (Å²) in [6.45, 7) is 14.6. The number of nitrogens with zero attached hydrogens (tertiary/aromatic N) is 1. The van der Waals surface area contributed by atoms with Crippen LogP contribution in [0.2, 0.25) is 0 Å². The minimum Gasteiger partial charge on any atom is -0.269 e. The van der Waals surface area contributed by atoms with Crippen molar-refractivity contribution in [1.29, 1.82) is 0 Å². The van der Waals surface area contributed by atoms with Crippen LogP contribution in [0.25, 0.3) is 0 Å². The van der Waals surface area contributed by atoms with Gasteiger partial charge in [-0.15, -0.1) is 0 Å². The Morgan fingerprint density at radius 1 is 1.00 bits per heavy atom. The van der Waals surface area contributed by atoms with E-state index >= 15 is 0 Å². The normalized spacial score (nSPS) is 7.38. The van der Waals surface area contributed by atoms with Crippen molar-refractivity contribution in [2.24, 2.45) is 11.8 Å². The van der Waals surface area contributed by atoms with Gasteiger partial charge in [-0.05, 0) is 5.92 Å². The van der Waals surface area contributed by atoms with Crippen molar-refractivity contribution in [3.63, 3.8) is 0 Å². The molecule has 0 aliphatic carbocycles. The zero-order valence-corrected chi connectivity index (χ0v) is 11.3. The van der Waals surface area contributed by atoms with Crippen LogP contribution in [0.3, 0.4) is 0 Å². The van der Waals surface area contributed by atoms with Crippen LogP contribution in [0.4, 0.5) is 0 Å². The van der Waals surface area contributed by atoms with E-state index in [-0.39, 0.29) is 0 Å². The Hall–Kier alpha value is -0.0800. The highest BCUT2D eigenvalue weighted by atomic mass is 15.4. The molecule has 0 unspecified atom stereocenters. The lowest BCUT2D eigenvalue weighted by molar-refractivity contribution is 0.432. The molecule has 0 spiro atoms. The first-order valence-corrected chi connectivity index (χ1v) is 5.42. The van der Waals surface area contributed by atoms with Crippen molar-refractivity contribution in [2.45, 2.75) is 54.9 Å². The number of hydrogen-bond donors (Lipinski definition) is 1. The van der Waals surface area contributed by atoms with E-state index in [0.717, 1.165) is 5.92 Å². The van der Waals surface area contributed by atoms with Gasteiger partial charge >= 0.3 is 0 Å². The third kappa shape index (κ3) is 318. The lowest BCUT2D eigenvalue weighted by Gasteiger charge is -1.91. The van der Waals surface area contributed by atoms with E-state index in [0.29, 0.717) is 0 Å². The summed E-state index contributed by atoms with van der Waals surface area (Å²) < 4.78 is 0. The molecule has 0 aliphatic heterocycles. The molecule has 0 rings (SSSR count). The van der Waals surface area contributed by atoms with Crippen LogP contribution in [0.5, 0.6) is 0 Å². The first-order valence-electron chi connectivity index (χ1n) is 5.42. The molecule has 0 aromatic carbocycles. The van der Waals surface area contributed by atoms with Gasteiger partial charge in [0.05, 0.1) is 0 Å². The fourth-order valence-electron chi connectivity index (χ4n) is 0. The van der Waals surface area contributed by atoms with Gasteiger partial charge in [0.1, 0.15) is 0 Å². The first kappa shape index (κ1) is 23.1. The molecular weight excluding hydrogens is 160 g/mol. The summed E-state index contributed by atoms with van der Waals surface area (Å²) in [6.07, 6.45) is 1.31. The smallest absolute Gasteiger partial charge is 0.00105 e. The minimum atomic E-state index is 0.884. The summed E-state index contributed by atoms with van der Waals surface area (Å²) in [5.74, 6) is 5.83. The van der Waals surface area contributed by atoms with Crippen molar-refractivity contribution in [1.82, 2.24) is 5.01 Å². The molecule has 0 aromatic heterocycles. The summed E-state index contributed by atoms with van der Waals surface area (Å²) in [5.41, 5.74) is 0. The largest absolute Gasteiger partial charge is 0.269 e. The summed E-state index contributed by atoms with van der Waals surface area (Å²) in [5, 5.41) is 1.50. The number of hydrogen-bond acceptors (Lipinski definition) is 2. The highest BCUT2D eigenvalue weighted by Gasteiger charge is 1.80. The molecule has 0 heterocycles. The van der Waals surface area contributed by atoms with Crippen LogP contribution >= 0.6 is 0 Å². The van der Waals surface area contributed by atoms with Gasteiger partial charge in [-0.2, -0.15) is 0 Å². The van der Waals surface area contributed by atoms with Crippen LogP contribution in [0.15, 0.2) is 0 Å². The molecule has 0 fully saturated rings. The number of rotatable bonds is 1. The van der Waals surface area contributed by atoms with Crippen LogP contribution < -0.4 is 5.84 Å². The molecular formula is C11H32N2. The maximum atomic E-state index is 4.94. The molecule has 0 aromatic rings. The third-order valence-corrected chi connectivity index (χ3v) is 0.816. The second-order valence-electron chi connectivity index (χ2n) is 2.77. The van der Waals surface area contributed by atoms with E-state index in [1.165, 1.54) is 11.4 Å². The topological polar surface area (TPSA) is 29.3 Å². The Kier molecular flexibility index (Phi) is 52.7. The Morgan fingerprint density at radius 2 is 1.08 bits per heavy atom. The maximum absolute atomic E-state index is 4.94. The first-order chi connectivity index (χ1) is 6.00. The highest BCUT2D eigenvalue weighted by molar-refractivity contribution is 4.32. The SMILES string of the molecule is CC.CC.CCC(C)C.CN(C)N. The van der Waals surface area contributed by atoms with Gasteiger partial charge in [0.2, 0.25) is 0 Å². The fourth-order valence-corrected chi connectivity index (χ4v) is 0. The van der Waals surface area contributed by atoms with E-state index in [1.807, 2.05) is 27.7 Å². The second kappa shape index (κ2) is 29.7. The molecule has 86 valence electrons. The van der Waals surface area contributed by atoms with E-state index in [1.54, 1.807) is 14.1 Å². The summed E-state index contributed by atoms with van der Waals surface area (Å²) in [7, 11) is 3.56. The number of hydrazine groups is 1. The maximum Gasteiger partial charge on any atom is 0.00105 e. The molecule has 13 heavy (non-hydrogen) atoms. The predicted molar refractivity (Wildman–Crippen MR) is 65.7 cm³/mol. The fraction of sp³-hybridized carbons (Fsp3) is 1.00. The van der Waals surface area contributed by atoms with Gasteiger partial charge in [-0.25, -0.2) is 0 Å². The van der Waals surface area contributed by atoms with Gasteiger partial charge in [0, 0.05) is 14.1 Å². The standard InChI is InChI=1S/C5H12.C2H8N2.2C2H6/c1-4-5(2)3;1-4(2)3;2*1-2/h5H,4H2,1-3H3;3H2,1-2H3;2*1-2H3. The van der Waals surface area contributed by atoms with E-state index in [4.69, 9.17) is 5.84 Å². The predicted octanol–water partition coefficient (Wildman–Crippen LogP) is 3.53. The van der Waals surface area contributed by atoms with Gasteiger partial charge in [-0.3, -0.25) is 10.9 Å². The number of nitrogens with two attached hydrogens (primary N) is 1. The second-order valence-corrected chi connectivity index (χ2v) is 2.77. The Labute approximate surface area is 86.5 Å². The molecule has 0 saturated heterocycles. The molecule has 0 radical (unpaired) electrons. The van der Waals surface area contributed by atoms with Crippen LogP contribution in [0, 0.1) is 5.92 Å². The Morgan fingerprint density at radius 3 is 1.08 bits per heavy atom. The average molecular weight is 192 g/mol. The van der Waals surface area contributed by atoms with E-state index < -0.39 is 0 Å². The zero-order valence-electron chi connectivity index (χ0n) is 11.3. The van der Waals surface area contributed by atoms with E-state index in [2.05, 4.69) is 20.8 Å². The summed E-state index contributed by atoms with van der Waals surface area (Å²) in [6, 6.07) is 0. The molecule has 0 aliphatic rings. The van der Waals surface area contributed by atoms with Crippen molar-refractivity contribution in [2.75, 3.05) is 14.1 Å². The lowest BCUT2D eigenvalue weighted by atomic mass is 10.2. The molecule has 0 atom stereocenters. The van der Waals surface area contributed by atoms with Gasteiger partial charge in [-0.1, -0.05) is 54.9 Å². The molecule has 2 nitrogen and oxygen atoms in total. The van der Waals surface area contributed by atoms with Gasteiger partial charge < -0.3 is 0 Å². The Bertz CT molecular complexity index is 40.6. The van der Waals surface area contributed by atoms with Crippen molar-refractivity contribution >= 4 is 0 Å². The average Bonchev–Trinajstić information content (AvgIpc) is 2.10. The van der Waals surface area contributed by atoms with Gasteiger partial charge in [0.15, 0.2) is 0 Å². The van der Waals surface area contributed by atoms with Crippen molar-refractivity contribution in [3.8, 4) is 0 Å². The van der Waals surface area contributed by atoms with Crippen LogP contribution in [0.1, 0.15) is 54.9 Å². The Balaban J connectivity index is -0.0000000457. The minimum absolute atomic E-state index is 0.884. The van der Waals surface area contributed by atoms with Crippen LogP contribution in [-0.2, 0) is 0 Å². The molecule has 0 amide bonds. The summed E-state index contributed by atoms with van der Waals surface area (Å²) in [4.78, 5) is 0. The van der Waals surface area contributed by atoms with Crippen LogP contribution in [-0.4, -0.2) is 19.1 Å². The highest BCUT2D eigenvalue weighted by Crippen LogP contribution is 1.93. The molecule has 2 heteroatoms. The molecule has 2 N–H and O–H groups in total. The van der Waals surface area contributed by atoms with Crippen molar-refractivity contribution < 1.29 is 0 Å². The molecule has 0 saturated carbocycles. The summed E-state index contributed by atoms with van der Waals surface area (Å²) >= 11 is 0. The monoisotopic (exact) mass is 192 g/mol. The van der Waals surface area contributed by atoms with E-state index in [9.17, 15) is 0 Å². The quantitative estimate of drug-likeness (QED) is 0.509. The zero-order chi connectivity index (χ0) is 11.9. The third-order valence-electron chi connectivity index (χ3n) is 0.816.